The van der Waals surface area contributed by atoms with E-state index in [2.05, 4.69) is 0 Å². The first-order valence-corrected chi connectivity index (χ1v) is 5.39. The normalized spacial score (nSPS) is 41.8. The smallest absolute Gasteiger partial charge is 0.338 e. The standard InChI is InChI=1S/C10H16O7/c1-10(2)16-7-5(13)9(14)15-6(4(12)3-11)8(7)17-10/h4-8,11-13H,3H2,1-2H3/t4-,5+,6-,7-,8+/m1/s1. The predicted octanol–water partition coefficient (Wildman–Crippen LogP) is -1.85. The van der Waals surface area contributed by atoms with E-state index >= 15 is 0 Å². The number of aliphatic hydroxyl groups is 3. The molecule has 2 rings (SSSR count). The minimum Gasteiger partial charge on any atom is -0.455 e. The number of fused-ring (bicyclic) bond motifs is 1. The molecule has 0 aliphatic carbocycles. The Balaban J connectivity index is 2.23. The van der Waals surface area contributed by atoms with Crippen LogP contribution in [0.5, 0.6) is 0 Å². The van der Waals surface area contributed by atoms with Gasteiger partial charge < -0.3 is 29.5 Å². The van der Waals surface area contributed by atoms with Crippen molar-refractivity contribution in [2.75, 3.05) is 6.61 Å². The molecular formula is C10H16O7. The van der Waals surface area contributed by atoms with Gasteiger partial charge in [-0.05, 0) is 13.8 Å². The summed E-state index contributed by atoms with van der Waals surface area (Å²) in [6, 6.07) is 0. The van der Waals surface area contributed by atoms with Crippen LogP contribution >= 0.6 is 0 Å². The van der Waals surface area contributed by atoms with E-state index < -0.39 is 48.9 Å². The third kappa shape index (κ3) is 2.16. The first-order valence-electron chi connectivity index (χ1n) is 5.39. The number of esters is 1. The molecule has 0 saturated carbocycles. The maximum absolute atomic E-state index is 11.4. The third-order valence-corrected chi connectivity index (χ3v) is 2.86. The van der Waals surface area contributed by atoms with Gasteiger partial charge in [-0.15, -0.1) is 0 Å². The van der Waals surface area contributed by atoms with Crippen molar-refractivity contribution in [2.45, 2.75) is 50.2 Å². The molecule has 0 aromatic carbocycles. The van der Waals surface area contributed by atoms with Gasteiger partial charge in [-0.2, -0.15) is 0 Å². The van der Waals surface area contributed by atoms with Crippen LogP contribution in [0.3, 0.4) is 0 Å². The zero-order chi connectivity index (χ0) is 12.8. The molecule has 2 fully saturated rings. The lowest BCUT2D eigenvalue weighted by molar-refractivity contribution is -0.200. The number of cyclic esters (lactones) is 1. The highest BCUT2D eigenvalue weighted by Gasteiger charge is 2.56. The number of rotatable bonds is 2. The number of aliphatic hydroxyl groups excluding tert-OH is 3. The summed E-state index contributed by atoms with van der Waals surface area (Å²) in [5, 5.41) is 28.1. The van der Waals surface area contributed by atoms with E-state index in [1.165, 1.54) is 0 Å². The predicted molar refractivity (Wildman–Crippen MR) is 52.8 cm³/mol. The van der Waals surface area contributed by atoms with E-state index in [9.17, 15) is 15.0 Å². The molecule has 98 valence electrons. The fourth-order valence-corrected chi connectivity index (χ4v) is 2.12. The largest absolute Gasteiger partial charge is 0.455 e. The fourth-order valence-electron chi connectivity index (χ4n) is 2.12. The minimum absolute atomic E-state index is 0.568. The fraction of sp³-hybridized carbons (Fsp3) is 0.900. The summed E-state index contributed by atoms with van der Waals surface area (Å²) in [4.78, 5) is 11.4. The van der Waals surface area contributed by atoms with E-state index in [-0.39, 0.29) is 0 Å². The van der Waals surface area contributed by atoms with Crippen LogP contribution < -0.4 is 0 Å². The molecule has 0 amide bonds. The minimum atomic E-state index is -1.44. The van der Waals surface area contributed by atoms with Gasteiger partial charge in [0.25, 0.3) is 0 Å². The molecule has 0 radical (unpaired) electrons. The molecule has 0 spiro atoms. The molecule has 0 unspecified atom stereocenters. The van der Waals surface area contributed by atoms with Crippen molar-refractivity contribution in [1.82, 2.24) is 0 Å². The summed E-state index contributed by atoms with van der Waals surface area (Å²) in [6.07, 6.45) is -5.43. The van der Waals surface area contributed by atoms with E-state index in [1.807, 2.05) is 0 Å². The first-order chi connectivity index (χ1) is 7.85. The molecule has 17 heavy (non-hydrogen) atoms. The van der Waals surface area contributed by atoms with Crippen LogP contribution in [0.25, 0.3) is 0 Å². The van der Waals surface area contributed by atoms with Crippen molar-refractivity contribution in [3.05, 3.63) is 0 Å². The molecule has 0 bridgehead atoms. The van der Waals surface area contributed by atoms with Crippen LogP contribution in [0.2, 0.25) is 0 Å². The monoisotopic (exact) mass is 248 g/mol. The molecule has 2 aliphatic heterocycles. The highest BCUT2D eigenvalue weighted by Crippen LogP contribution is 2.36. The number of ether oxygens (including phenoxy) is 3. The van der Waals surface area contributed by atoms with Gasteiger partial charge in [0.05, 0.1) is 6.61 Å². The molecule has 7 nitrogen and oxygen atoms in total. The molecular weight excluding hydrogens is 232 g/mol. The van der Waals surface area contributed by atoms with Gasteiger partial charge in [0.2, 0.25) is 0 Å². The molecule has 0 aromatic rings. The van der Waals surface area contributed by atoms with Crippen molar-refractivity contribution >= 4 is 5.97 Å². The van der Waals surface area contributed by atoms with E-state index in [4.69, 9.17) is 19.3 Å². The van der Waals surface area contributed by atoms with Crippen LogP contribution in [0.15, 0.2) is 0 Å². The summed E-state index contributed by atoms with van der Waals surface area (Å²) in [5.74, 6) is -1.86. The van der Waals surface area contributed by atoms with E-state index in [0.29, 0.717) is 0 Å². The van der Waals surface area contributed by atoms with Crippen LogP contribution in [0, 0.1) is 0 Å². The van der Waals surface area contributed by atoms with Gasteiger partial charge in [-0.3, -0.25) is 0 Å². The Bertz CT molecular complexity index is 316. The second-order valence-electron chi connectivity index (χ2n) is 4.66. The third-order valence-electron chi connectivity index (χ3n) is 2.86. The zero-order valence-corrected chi connectivity index (χ0v) is 9.57. The van der Waals surface area contributed by atoms with Gasteiger partial charge in [-0.1, -0.05) is 0 Å². The lowest BCUT2D eigenvalue weighted by atomic mass is 9.96. The zero-order valence-electron chi connectivity index (χ0n) is 9.57. The van der Waals surface area contributed by atoms with Crippen LogP contribution in [-0.2, 0) is 19.0 Å². The maximum Gasteiger partial charge on any atom is 0.338 e. The van der Waals surface area contributed by atoms with Crippen LogP contribution in [0.1, 0.15) is 13.8 Å². The molecule has 5 atom stereocenters. The average Bonchev–Trinajstić information content (AvgIpc) is 2.58. The highest BCUT2D eigenvalue weighted by molar-refractivity contribution is 5.76. The Labute approximate surface area is 97.9 Å². The summed E-state index contributed by atoms with van der Waals surface area (Å²) in [7, 11) is 0. The Morgan fingerprint density at radius 2 is 1.94 bits per heavy atom. The van der Waals surface area contributed by atoms with Crippen molar-refractivity contribution < 1.29 is 34.3 Å². The number of hydrogen-bond donors (Lipinski definition) is 3. The van der Waals surface area contributed by atoms with Crippen LogP contribution in [0.4, 0.5) is 0 Å². The Kier molecular flexibility index (Phi) is 3.13. The number of carbonyl (C=O) groups is 1. The quantitative estimate of drug-likeness (QED) is 0.492. The summed E-state index contributed by atoms with van der Waals surface area (Å²) < 4.78 is 15.7. The second-order valence-corrected chi connectivity index (χ2v) is 4.66. The lowest BCUT2D eigenvalue weighted by Gasteiger charge is -2.35. The Hall–Kier alpha value is -0.730. The molecule has 7 heteroatoms. The van der Waals surface area contributed by atoms with Crippen molar-refractivity contribution in [3.8, 4) is 0 Å². The molecule has 0 aromatic heterocycles. The Morgan fingerprint density at radius 3 is 2.53 bits per heavy atom. The van der Waals surface area contributed by atoms with E-state index in [1.54, 1.807) is 13.8 Å². The second kappa shape index (κ2) is 4.18. The average molecular weight is 248 g/mol. The summed E-state index contributed by atoms with van der Waals surface area (Å²) in [5.41, 5.74) is 0. The SMILES string of the molecule is CC1(C)O[C@H]2[C@@H]([C@H](O)CO)OC(=O)[C@@H](O)[C@H]2O1. The molecule has 3 N–H and O–H groups in total. The topological polar surface area (TPSA) is 105 Å². The maximum atomic E-state index is 11.4. The van der Waals surface area contributed by atoms with Crippen molar-refractivity contribution in [1.29, 1.82) is 0 Å². The van der Waals surface area contributed by atoms with Gasteiger partial charge in [0.15, 0.2) is 18.0 Å². The lowest BCUT2D eigenvalue weighted by Crippen LogP contribution is -2.58. The molecule has 2 heterocycles. The van der Waals surface area contributed by atoms with Gasteiger partial charge in [0, 0.05) is 0 Å². The number of hydrogen-bond acceptors (Lipinski definition) is 7. The van der Waals surface area contributed by atoms with Crippen molar-refractivity contribution in [2.24, 2.45) is 0 Å². The van der Waals surface area contributed by atoms with Crippen molar-refractivity contribution in [3.63, 3.8) is 0 Å². The Morgan fingerprint density at radius 1 is 1.35 bits per heavy atom. The van der Waals surface area contributed by atoms with Gasteiger partial charge in [-0.25, -0.2) is 4.79 Å². The van der Waals surface area contributed by atoms with Crippen LogP contribution in [-0.4, -0.2) is 64.2 Å². The van der Waals surface area contributed by atoms with Gasteiger partial charge in [0.1, 0.15) is 18.3 Å². The highest BCUT2D eigenvalue weighted by atomic mass is 16.8. The van der Waals surface area contributed by atoms with Gasteiger partial charge >= 0.3 is 5.97 Å². The summed E-state index contributed by atoms with van der Waals surface area (Å²) >= 11 is 0. The number of carbonyl (C=O) groups excluding carboxylic acids is 1. The summed E-state index contributed by atoms with van der Waals surface area (Å²) in [6.45, 7) is 2.69. The molecule has 2 saturated heterocycles. The first kappa shape index (κ1) is 12.7. The van der Waals surface area contributed by atoms with E-state index in [0.717, 1.165) is 0 Å². The molecule has 2 aliphatic rings.